The van der Waals surface area contributed by atoms with E-state index in [2.05, 4.69) is 31.3 Å². The summed E-state index contributed by atoms with van der Waals surface area (Å²) in [6.07, 6.45) is 0. The van der Waals surface area contributed by atoms with Gasteiger partial charge in [-0.1, -0.05) is 0 Å². The standard InChI is InChI=1S/C7H4BrN3O2/c8-7-3-1-2-4(12)6(11-13)5(3)9-10-7/h1-2,12H,(H,9,10). The van der Waals surface area contributed by atoms with Crippen molar-refractivity contribution in [3.05, 3.63) is 21.6 Å². The van der Waals surface area contributed by atoms with Crippen molar-refractivity contribution in [2.75, 3.05) is 0 Å². The van der Waals surface area contributed by atoms with Crippen molar-refractivity contribution < 1.29 is 5.11 Å². The Labute approximate surface area is 80.9 Å². The lowest BCUT2D eigenvalue weighted by Crippen LogP contribution is -1.71. The lowest BCUT2D eigenvalue weighted by Gasteiger charge is -1.94. The Morgan fingerprint density at radius 3 is 3.00 bits per heavy atom. The van der Waals surface area contributed by atoms with Gasteiger partial charge in [0, 0.05) is 5.39 Å². The Kier molecular flexibility index (Phi) is 1.77. The topological polar surface area (TPSA) is 78.3 Å². The minimum absolute atomic E-state index is 0.0422. The Balaban J connectivity index is 2.92. The minimum atomic E-state index is -0.165. The number of aromatic hydroxyl groups is 1. The lowest BCUT2D eigenvalue weighted by molar-refractivity contribution is 0.477. The van der Waals surface area contributed by atoms with Crippen LogP contribution in [0.5, 0.6) is 5.75 Å². The minimum Gasteiger partial charge on any atom is -0.505 e. The highest BCUT2D eigenvalue weighted by Gasteiger charge is 2.11. The molecule has 0 atom stereocenters. The highest BCUT2D eigenvalue weighted by molar-refractivity contribution is 9.10. The summed E-state index contributed by atoms with van der Waals surface area (Å²) in [5.74, 6) is -0.165. The molecule has 2 N–H and O–H groups in total. The van der Waals surface area contributed by atoms with Crippen LogP contribution < -0.4 is 0 Å². The number of hydrogen-bond acceptors (Lipinski definition) is 4. The molecule has 1 aromatic carbocycles. The number of H-pyrrole nitrogens is 1. The Bertz CT molecular complexity index is 480. The van der Waals surface area contributed by atoms with Crippen LogP contribution in [0.1, 0.15) is 0 Å². The number of rotatable bonds is 1. The van der Waals surface area contributed by atoms with Crippen LogP contribution in [-0.2, 0) is 0 Å². The van der Waals surface area contributed by atoms with Crippen molar-refractivity contribution in [3.63, 3.8) is 0 Å². The van der Waals surface area contributed by atoms with Crippen molar-refractivity contribution in [3.8, 4) is 5.75 Å². The quantitative estimate of drug-likeness (QED) is 0.753. The van der Waals surface area contributed by atoms with Gasteiger partial charge in [-0.2, -0.15) is 5.10 Å². The first-order valence-electron chi connectivity index (χ1n) is 3.43. The van der Waals surface area contributed by atoms with E-state index >= 15 is 0 Å². The number of nitroso groups, excluding NO2 is 1. The molecule has 0 saturated carbocycles. The molecule has 0 aliphatic rings. The average Bonchev–Trinajstić information content (AvgIpc) is 2.48. The number of nitrogens with one attached hydrogen (secondary N) is 1. The van der Waals surface area contributed by atoms with Crippen LogP contribution in [0.15, 0.2) is 21.9 Å². The van der Waals surface area contributed by atoms with E-state index in [1.807, 2.05) is 0 Å². The van der Waals surface area contributed by atoms with Gasteiger partial charge in [0.25, 0.3) is 0 Å². The van der Waals surface area contributed by atoms with E-state index in [1.165, 1.54) is 6.07 Å². The SMILES string of the molecule is O=Nc1c(O)ccc2c(Br)[nH]nc12. The molecule has 6 heteroatoms. The number of benzene rings is 1. The second-order valence-electron chi connectivity index (χ2n) is 2.46. The van der Waals surface area contributed by atoms with E-state index in [-0.39, 0.29) is 11.4 Å². The van der Waals surface area contributed by atoms with Gasteiger partial charge in [-0.05, 0) is 33.2 Å². The van der Waals surface area contributed by atoms with Gasteiger partial charge >= 0.3 is 0 Å². The zero-order valence-electron chi connectivity index (χ0n) is 6.28. The smallest absolute Gasteiger partial charge is 0.177 e. The number of fused-ring (bicyclic) bond motifs is 1. The molecule has 0 amide bonds. The summed E-state index contributed by atoms with van der Waals surface area (Å²) < 4.78 is 0.660. The first kappa shape index (κ1) is 8.18. The van der Waals surface area contributed by atoms with Gasteiger partial charge in [-0.25, -0.2) is 0 Å². The molecule has 0 aliphatic heterocycles. The molecule has 0 saturated heterocycles. The third-order valence-electron chi connectivity index (χ3n) is 1.72. The number of aromatic amines is 1. The summed E-state index contributed by atoms with van der Waals surface area (Å²) in [7, 11) is 0. The van der Waals surface area contributed by atoms with Crippen molar-refractivity contribution >= 4 is 32.5 Å². The predicted molar refractivity (Wildman–Crippen MR) is 50.9 cm³/mol. The van der Waals surface area contributed by atoms with E-state index < -0.39 is 0 Å². The summed E-state index contributed by atoms with van der Waals surface area (Å²) in [5.41, 5.74) is 0.321. The molecule has 1 aromatic heterocycles. The molecule has 1 heterocycles. The van der Waals surface area contributed by atoms with E-state index in [0.717, 1.165) is 0 Å². The van der Waals surface area contributed by atoms with Gasteiger partial charge in [-0.15, -0.1) is 4.91 Å². The Hall–Kier alpha value is -1.43. The summed E-state index contributed by atoms with van der Waals surface area (Å²) in [4.78, 5) is 10.4. The van der Waals surface area contributed by atoms with Gasteiger partial charge < -0.3 is 5.11 Å². The fourth-order valence-electron chi connectivity index (χ4n) is 1.11. The second kappa shape index (κ2) is 2.81. The van der Waals surface area contributed by atoms with Gasteiger partial charge in [-0.3, -0.25) is 5.10 Å². The maximum absolute atomic E-state index is 10.4. The number of halogens is 1. The molecule has 0 unspecified atom stereocenters. The Morgan fingerprint density at radius 1 is 1.54 bits per heavy atom. The van der Waals surface area contributed by atoms with Crippen LogP contribution in [0.3, 0.4) is 0 Å². The number of nitrogens with zero attached hydrogens (tertiary/aromatic N) is 2. The van der Waals surface area contributed by atoms with Gasteiger partial charge in [0.1, 0.15) is 15.9 Å². The normalized spacial score (nSPS) is 10.5. The first-order chi connectivity index (χ1) is 6.24. The summed E-state index contributed by atoms with van der Waals surface area (Å²) in [5, 5.41) is 19.1. The molecule has 2 aromatic rings. The molecule has 0 spiro atoms. The highest BCUT2D eigenvalue weighted by atomic mass is 79.9. The maximum Gasteiger partial charge on any atom is 0.177 e. The molecule has 0 bridgehead atoms. The monoisotopic (exact) mass is 241 g/mol. The van der Waals surface area contributed by atoms with Crippen molar-refractivity contribution in [2.45, 2.75) is 0 Å². The van der Waals surface area contributed by atoms with Crippen LogP contribution in [0, 0.1) is 4.91 Å². The average molecular weight is 242 g/mol. The van der Waals surface area contributed by atoms with Gasteiger partial charge in [0.05, 0.1) is 0 Å². The van der Waals surface area contributed by atoms with E-state index in [1.54, 1.807) is 6.07 Å². The third-order valence-corrected chi connectivity index (χ3v) is 2.33. The molecule has 5 nitrogen and oxygen atoms in total. The van der Waals surface area contributed by atoms with E-state index in [4.69, 9.17) is 0 Å². The lowest BCUT2D eigenvalue weighted by atomic mass is 10.2. The van der Waals surface area contributed by atoms with E-state index in [9.17, 15) is 10.0 Å². The fraction of sp³-hybridized carbons (Fsp3) is 0. The maximum atomic E-state index is 10.4. The molecule has 0 radical (unpaired) electrons. The number of phenols is 1. The Morgan fingerprint density at radius 2 is 2.31 bits per heavy atom. The highest BCUT2D eigenvalue weighted by Crippen LogP contribution is 2.35. The molecule has 13 heavy (non-hydrogen) atoms. The van der Waals surface area contributed by atoms with Gasteiger partial charge in [0.15, 0.2) is 5.69 Å². The number of hydrogen-bond donors (Lipinski definition) is 2. The van der Waals surface area contributed by atoms with E-state index in [0.29, 0.717) is 15.5 Å². The van der Waals surface area contributed by atoms with Crippen molar-refractivity contribution in [1.29, 1.82) is 0 Å². The molecule has 0 fully saturated rings. The zero-order chi connectivity index (χ0) is 9.42. The van der Waals surface area contributed by atoms with Gasteiger partial charge in [0.2, 0.25) is 0 Å². The predicted octanol–water partition coefficient (Wildman–Crippen LogP) is 2.43. The van der Waals surface area contributed by atoms with Crippen molar-refractivity contribution in [1.82, 2.24) is 10.2 Å². The summed E-state index contributed by atoms with van der Waals surface area (Å²) in [6, 6.07) is 3.05. The van der Waals surface area contributed by atoms with Crippen LogP contribution in [0.4, 0.5) is 5.69 Å². The summed E-state index contributed by atoms with van der Waals surface area (Å²) >= 11 is 3.21. The van der Waals surface area contributed by atoms with Crippen LogP contribution in [0.2, 0.25) is 0 Å². The molecular formula is C7H4BrN3O2. The largest absolute Gasteiger partial charge is 0.505 e. The number of aromatic nitrogens is 2. The third kappa shape index (κ3) is 1.10. The summed E-state index contributed by atoms with van der Waals surface area (Å²) in [6.45, 7) is 0. The number of phenolic OH excluding ortho intramolecular Hbond substituents is 1. The van der Waals surface area contributed by atoms with Crippen molar-refractivity contribution in [2.24, 2.45) is 5.18 Å². The molecule has 0 aliphatic carbocycles. The van der Waals surface area contributed by atoms with Crippen LogP contribution in [0.25, 0.3) is 10.9 Å². The first-order valence-corrected chi connectivity index (χ1v) is 4.22. The molecular weight excluding hydrogens is 238 g/mol. The fourth-order valence-corrected chi connectivity index (χ4v) is 1.52. The van der Waals surface area contributed by atoms with Crippen LogP contribution >= 0.6 is 15.9 Å². The second-order valence-corrected chi connectivity index (χ2v) is 3.25. The zero-order valence-corrected chi connectivity index (χ0v) is 7.87. The molecule has 2 rings (SSSR count). The van der Waals surface area contributed by atoms with Crippen LogP contribution in [-0.4, -0.2) is 15.3 Å². The molecule has 66 valence electrons.